The second-order valence-corrected chi connectivity index (χ2v) is 5.60. The molecule has 1 aromatic carbocycles. The lowest BCUT2D eigenvalue weighted by Crippen LogP contribution is -2.36. The zero-order chi connectivity index (χ0) is 13.0. The summed E-state index contributed by atoms with van der Waals surface area (Å²) in [6.45, 7) is 5.02. The van der Waals surface area contributed by atoms with Crippen molar-refractivity contribution in [2.45, 2.75) is 51.7 Å². The predicted octanol–water partition coefficient (Wildman–Crippen LogP) is 3.07. The van der Waals surface area contributed by atoms with Gasteiger partial charge in [0, 0.05) is 12.6 Å². The van der Waals surface area contributed by atoms with Crippen molar-refractivity contribution in [3.8, 4) is 0 Å². The summed E-state index contributed by atoms with van der Waals surface area (Å²) in [6, 6.07) is 9.01. The monoisotopic (exact) mass is 247 g/mol. The number of aryl methyl sites for hydroxylation is 1. The Morgan fingerprint density at radius 3 is 2.56 bits per heavy atom. The number of nitrogens with two attached hydrogens (primary N) is 1. The van der Waals surface area contributed by atoms with E-state index in [0.29, 0.717) is 12.1 Å². The highest BCUT2D eigenvalue weighted by Gasteiger charge is 2.30. The van der Waals surface area contributed by atoms with Gasteiger partial charge in [-0.05, 0) is 51.0 Å². The van der Waals surface area contributed by atoms with Crippen molar-refractivity contribution in [1.29, 1.82) is 0 Å². The summed E-state index contributed by atoms with van der Waals surface area (Å²) in [5, 5.41) is 0. The van der Waals surface area contributed by atoms with Crippen LogP contribution in [0.2, 0.25) is 0 Å². The van der Waals surface area contributed by atoms with E-state index in [1.54, 1.807) is 0 Å². The Kier molecular flexibility index (Phi) is 4.79. The molecule has 0 aliphatic heterocycles. The Balaban J connectivity index is 1.70. The molecule has 2 nitrogen and oxygen atoms in total. The summed E-state index contributed by atoms with van der Waals surface area (Å²) < 4.78 is 5.58. The van der Waals surface area contributed by atoms with E-state index < -0.39 is 0 Å². The molecule has 0 aromatic heterocycles. The van der Waals surface area contributed by atoms with Crippen molar-refractivity contribution < 1.29 is 4.74 Å². The molecule has 0 bridgehead atoms. The molecular formula is C16H25NO. The van der Waals surface area contributed by atoms with Crippen LogP contribution in [-0.2, 0) is 11.2 Å². The largest absolute Gasteiger partial charge is 0.378 e. The first kappa shape index (κ1) is 13.6. The van der Waals surface area contributed by atoms with E-state index in [1.165, 1.54) is 24.0 Å². The van der Waals surface area contributed by atoms with Gasteiger partial charge in [-0.2, -0.15) is 0 Å². The second kappa shape index (κ2) is 6.35. The van der Waals surface area contributed by atoms with Crippen molar-refractivity contribution in [2.24, 2.45) is 11.7 Å². The zero-order valence-electron chi connectivity index (χ0n) is 11.6. The number of hydrogen-bond donors (Lipinski definition) is 1. The van der Waals surface area contributed by atoms with E-state index in [1.807, 2.05) is 0 Å². The van der Waals surface area contributed by atoms with Crippen LogP contribution in [0.4, 0.5) is 0 Å². The first-order valence-electron chi connectivity index (χ1n) is 7.10. The fourth-order valence-corrected chi connectivity index (χ4v) is 2.78. The van der Waals surface area contributed by atoms with Gasteiger partial charge in [-0.15, -0.1) is 0 Å². The normalized spacial score (nSPS) is 24.6. The van der Waals surface area contributed by atoms with Gasteiger partial charge in [0.15, 0.2) is 0 Å². The summed E-state index contributed by atoms with van der Waals surface area (Å²) in [5.74, 6) is 0.780. The number of rotatable bonds is 6. The number of benzene rings is 1. The molecule has 0 amide bonds. The highest BCUT2D eigenvalue weighted by atomic mass is 16.5. The van der Waals surface area contributed by atoms with Crippen LogP contribution in [0.25, 0.3) is 0 Å². The van der Waals surface area contributed by atoms with Crippen LogP contribution < -0.4 is 5.73 Å². The van der Waals surface area contributed by atoms with Gasteiger partial charge in [0.25, 0.3) is 0 Å². The lowest BCUT2D eigenvalue weighted by Gasteiger charge is -2.36. The molecule has 1 saturated carbocycles. The van der Waals surface area contributed by atoms with Gasteiger partial charge in [-0.3, -0.25) is 0 Å². The van der Waals surface area contributed by atoms with Crippen LogP contribution in [0.15, 0.2) is 24.3 Å². The molecule has 2 N–H and O–H groups in total. The standard InChI is InChI=1S/C16H25NO/c1-3-18-16-10-14(11-16)9-15(17)8-13-6-4-12(2)5-7-13/h4-7,14-16H,3,8-11,17H2,1-2H3. The van der Waals surface area contributed by atoms with Gasteiger partial charge < -0.3 is 10.5 Å². The van der Waals surface area contributed by atoms with E-state index in [2.05, 4.69) is 38.1 Å². The van der Waals surface area contributed by atoms with Gasteiger partial charge in [-0.25, -0.2) is 0 Å². The summed E-state index contributed by atoms with van der Waals surface area (Å²) in [7, 11) is 0. The smallest absolute Gasteiger partial charge is 0.0580 e. The van der Waals surface area contributed by atoms with Gasteiger partial charge in [0.1, 0.15) is 0 Å². The molecule has 2 rings (SSSR count). The van der Waals surface area contributed by atoms with Crippen LogP contribution in [0.1, 0.15) is 37.3 Å². The third-order valence-electron chi connectivity index (χ3n) is 3.85. The SMILES string of the molecule is CCOC1CC(CC(N)Cc2ccc(C)cc2)C1. The summed E-state index contributed by atoms with van der Waals surface area (Å²) in [6.07, 6.45) is 5.05. The summed E-state index contributed by atoms with van der Waals surface area (Å²) in [5.41, 5.74) is 8.90. The van der Waals surface area contributed by atoms with E-state index in [4.69, 9.17) is 10.5 Å². The molecule has 1 aliphatic rings. The number of ether oxygens (including phenoxy) is 1. The highest BCUT2D eigenvalue weighted by molar-refractivity contribution is 5.22. The average molecular weight is 247 g/mol. The molecule has 2 heteroatoms. The second-order valence-electron chi connectivity index (χ2n) is 5.60. The fourth-order valence-electron chi connectivity index (χ4n) is 2.78. The molecule has 0 radical (unpaired) electrons. The Labute approximate surface area is 111 Å². The predicted molar refractivity (Wildman–Crippen MR) is 75.6 cm³/mol. The van der Waals surface area contributed by atoms with Crippen molar-refractivity contribution in [2.75, 3.05) is 6.61 Å². The lowest BCUT2D eigenvalue weighted by molar-refractivity contribution is -0.0280. The molecule has 1 unspecified atom stereocenters. The number of hydrogen-bond acceptors (Lipinski definition) is 2. The molecule has 0 spiro atoms. The highest BCUT2D eigenvalue weighted by Crippen LogP contribution is 2.33. The molecule has 18 heavy (non-hydrogen) atoms. The maximum atomic E-state index is 6.23. The van der Waals surface area contributed by atoms with Gasteiger partial charge in [-0.1, -0.05) is 29.8 Å². The van der Waals surface area contributed by atoms with E-state index in [0.717, 1.165) is 25.4 Å². The van der Waals surface area contributed by atoms with Gasteiger partial charge in [0.2, 0.25) is 0 Å². The molecule has 100 valence electrons. The Hall–Kier alpha value is -0.860. The molecule has 1 fully saturated rings. The van der Waals surface area contributed by atoms with E-state index in [-0.39, 0.29) is 0 Å². The third-order valence-corrected chi connectivity index (χ3v) is 3.85. The van der Waals surface area contributed by atoms with Crippen molar-refractivity contribution in [1.82, 2.24) is 0 Å². The minimum atomic E-state index is 0.292. The summed E-state index contributed by atoms with van der Waals surface area (Å²) >= 11 is 0. The Morgan fingerprint density at radius 2 is 1.94 bits per heavy atom. The minimum absolute atomic E-state index is 0.292. The maximum absolute atomic E-state index is 6.23. The first-order valence-corrected chi connectivity index (χ1v) is 7.10. The molecule has 1 aliphatic carbocycles. The van der Waals surface area contributed by atoms with E-state index >= 15 is 0 Å². The van der Waals surface area contributed by atoms with Crippen LogP contribution in [0.3, 0.4) is 0 Å². The van der Waals surface area contributed by atoms with Gasteiger partial charge >= 0.3 is 0 Å². The maximum Gasteiger partial charge on any atom is 0.0580 e. The minimum Gasteiger partial charge on any atom is -0.378 e. The van der Waals surface area contributed by atoms with Crippen molar-refractivity contribution >= 4 is 0 Å². The van der Waals surface area contributed by atoms with Crippen LogP contribution in [0.5, 0.6) is 0 Å². The fraction of sp³-hybridized carbons (Fsp3) is 0.625. The van der Waals surface area contributed by atoms with Gasteiger partial charge in [0.05, 0.1) is 6.10 Å². The molecular weight excluding hydrogens is 222 g/mol. The third kappa shape index (κ3) is 3.82. The van der Waals surface area contributed by atoms with E-state index in [9.17, 15) is 0 Å². The lowest BCUT2D eigenvalue weighted by atomic mass is 9.77. The Bertz CT molecular complexity index is 354. The van der Waals surface area contributed by atoms with Crippen LogP contribution in [0, 0.1) is 12.8 Å². The molecule has 1 atom stereocenters. The molecule has 0 heterocycles. The average Bonchev–Trinajstić information content (AvgIpc) is 2.29. The Morgan fingerprint density at radius 1 is 1.28 bits per heavy atom. The molecule has 0 saturated heterocycles. The first-order chi connectivity index (χ1) is 8.67. The van der Waals surface area contributed by atoms with Crippen molar-refractivity contribution in [3.63, 3.8) is 0 Å². The quantitative estimate of drug-likeness (QED) is 0.838. The zero-order valence-corrected chi connectivity index (χ0v) is 11.6. The van der Waals surface area contributed by atoms with Crippen molar-refractivity contribution in [3.05, 3.63) is 35.4 Å². The van der Waals surface area contributed by atoms with Crippen LogP contribution in [-0.4, -0.2) is 18.8 Å². The summed E-state index contributed by atoms with van der Waals surface area (Å²) in [4.78, 5) is 0. The molecule has 1 aromatic rings. The van der Waals surface area contributed by atoms with Crippen LogP contribution >= 0.6 is 0 Å². The topological polar surface area (TPSA) is 35.2 Å².